The minimum absolute atomic E-state index is 0.160. The molecular weight excluding hydrogens is 349 g/mol. The van der Waals surface area contributed by atoms with Gasteiger partial charge in [0.2, 0.25) is 5.78 Å². The molecule has 0 unspecified atom stereocenters. The number of aryl methyl sites for hydroxylation is 1. The molecule has 2 aromatic carbocycles. The minimum Gasteiger partial charge on any atom is -0.332 e. The van der Waals surface area contributed by atoms with Gasteiger partial charge in [0, 0.05) is 11.3 Å². The van der Waals surface area contributed by atoms with E-state index in [1.165, 1.54) is 18.3 Å². The average molecular weight is 362 g/mol. The van der Waals surface area contributed by atoms with E-state index < -0.39 is 11.7 Å². The molecule has 0 aliphatic rings. The van der Waals surface area contributed by atoms with Crippen molar-refractivity contribution in [2.75, 3.05) is 5.32 Å². The lowest BCUT2D eigenvalue weighted by molar-refractivity contribution is -0.137. The zero-order valence-corrected chi connectivity index (χ0v) is 13.9. The highest BCUT2D eigenvalue weighted by atomic mass is 32.1. The van der Waals surface area contributed by atoms with Gasteiger partial charge in [0.05, 0.1) is 16.6 Å². The highest BCUT2D eigenvalue weighted by Gasteiger charge is 2.30. The summed E-state index contributed by atoms with van der Waals surface area (Å²) in [6, 6.07) is 12.0. The molecule has 0 aliphatic heterocycles. The fraction of sp³-hybridized carbons (Fsp3) is 0.111. The van der Waals surface area contributed by atoms with Crippen molar-refractivity contribution in [3.63, 3.8) is 0 Å². The van der Waals surface area contributed by atoms with Crippen LogP contribution in [0.25, 0.3) is 0 Å². The highest BCUT2D eigenvalue weighted by molar-refractivity contribution is 7.17. The number of carbonyl (C=O) groups is 1. The van der Waals surface area contributed by atoms with Crippen molar-refractivity contribution in [1.29, 1.82) is 0 Å². The SMILES string of the molecule is Cc1ccccc1C(=O)c1cnc(Nc2cccc(C(F)(F)F)c2)s1. The lowest BCUT2D eigenvalue weighted by atomic mass is 10.0. The summed E-state index contributed by atoms with van der Waals surface area (Å²) < 4.78 is 38.3. The average Bonchev–Trinajstić information content (AvgIpc) is 3.03. The summed E-state index contributed by atoms with van der Waals surface area (Å²) in [5.41, 5.74) is 0.953. The number of alkyl halides is 3. The number of anilines is 2. The van der Waals surface area contributed by atoms with Crippen LogP contribution >= 0.6 is 11.3 Å². The Bertz CT molecular complexity index is 918. The van der Waals surface area contributed by atoms with E-state index in [1.807, 2.05) is 19.1 Å². The largest absolute Gasteiger partial charge is 0.416 e. The van der Waals surface area contributed by atoms with E-state index in [0.717, 1.165) is 29.0 Å². The van der Waals surface area contributed by atoms with Gasteiger partial charge >= 0.3 is 6.18 Å². The van der Waals surface area contributed by atoms with Crippen molar-refractivity contribution in [3.05, 3.63) is 76.3 Å². The molecule has 1 N–H and O–H groups in total. The molecule has 0 atom stereocenters. The maximum atomic E-state index is 12.8. The lowest BCUT2D eigenvalue weighted by Crippen LogP contribution is -2.05. The molecule has 7 heteroatoms. The number of ketones is 1. The first-order chi connectivity index (χ1) is 11.8. The van der Waals surface area contributed by atoms with Gasteiger partial charge in [-0.2, -0.15) is 13.2 Å². The van der Waals surface area contributed by atoms with Gasteiger partial charge in [0.25, 0.3) is 0 Å². The van der Waals surface area contributed by atoms with Crippen LogP contribution in [0.2, 0.25) is 0 Å². The number of nitrogens with zero attached hydrogens (tertiary/aromatic N) is 1. The number of rotatable bonds is 4. The van der Waals surface area contributed by atoms with Crippen LogP contribution in [0.5, 0.6) is 0 Å². The molecule has 0 spiro atoms. The second-order valence-electron chi connectivity index (χ2n) is 5.38. The molecule has 0 saturated heterocycles. The summed E-state index contributed by atoms with van der Waals surface area (Å²) in [5.74, 6) is -0.160. The predicted octanol–water partition coefficient (Wildman–Crippen LogP) is 5.44. The first kappa shape index (κ1) is 17.2. The number of benzene rings is 2. The van der Waals surface area contributed by atoms with Gasteiger partial charge in [0.15, 0.2) is 5.13 Å². The zero-order valence-electron chi connectivity index (χ0n) is 13.1. The van der Waals surface area contributed by atoms with Crippen LogP contribution in [0.3, 0.4) is 0 Å². The van der Waals surface area contributed by atoms with E-state index in [2.05, 4.69) is 10.3 Å². The Hall–Kier alpha value is -2.67. The fourth-order valence-corrected chi connectivity index (χ4v) is 3.08. The van der Waals surface area contributed by atoms with Crippen molar-refractivity contribution in [1.82, 2.24) is 4.98 Å². The van der Waals surface area contributed by atoms with Gasteiger partial charge in [-0.15, -0.1) is 0 Å². The second kappa shape index (κ2) is 6.68. The van der Waals surface area contributed by atoms with Gasteiger partial charge in [-0.25, -0.2) is 4.98 Å². The van der Waals surface area contributed by atoms with Gasteiger partial charge in [0.1, 0.15) is 0 Å². The first-order valence-corrected chi connectivity index (χ1v) is 8.17. The van der Waals surface area contributed by atoms with Crippen molar-refractivity contribution in [2.24, 2.45) is 0 Å². The molecule has 3 nitrogen and oxygen atoms in total. The van der Waals surface area contributed by atoms with Crippen LogP contribution in [0.1, 0.15) is 26.4 Å². The number of carbonyl (C=O) groups excluding carboxylic acids is 1. The van der Waals surface area contributed by atoms with E-state index in [9.17, 15) is 18.0 Å². The standard InChI is InChI=1S/C18H13F3N2OS/c1-11-5-2-3-8-14(11)16(24)15-10-22-17(25-15)23-13-7-4-6-12(9-13)18(19,20)21/h2-10H,1H3,(H,22,23). The topological polar surface area (TPSA) is 42.0 Å². The molecule has 1 aromatic heterocycles. The number of halogens is 3. The number of aromatic nitrogens is 1. The van der Waals surface area contributed by atoms with Crippen molar-refractivity contribution >= 4 is 27.9 Å². The van der Waals surface area contributed by atoms with Crippen LogP contribution in [-0.4, -0.2) is 10.8 Å². The van der Waals surface area contributed by atoms with Crippen LogP contribution in [0.4, 0.5) is 24.0 Å². The van der Waals surface area contributed by atoms with Crippen LogP contribution < -0.4 is 5.32 Å². The molecule has 0 amide bonds. The highest BCUT2D eigenvalue weighted by Crippen LogP contribution is 2.32. The number of hydrogen-bond acceptors (Lipinski definition) is 4. The van der Waals surface area contributed by atoms with Gasteiger partial charge < -0.3 is 5.32 Å². The molecule has 0 aliphatic carbocycles. The van der Waals surface area contributed by atoms with Crippen LogP contribution in [0.15, 0.2) is 54.7 Å². The Labute approximate surface area is 146 Å². The maximum Gasteiger partial charge on any atom is 0.416 e. The zero-order chi connectivity index (χ0) is 18.0. The Morgan fingerprint density at radius 3 is 2.60 bits per heavy atom. The van der Waals surface area contributed by atoms with Gasteiger partial charge in [-0.1, -0.05) is 41.7 Å². The Morgan fingerprint density at radius 2 is 1.88 bits per heavy atom. The maximum absolute atomic E-state index is 12.8. The smallest absolute Gasteiger partial charge is 0.332 e. The monoisotopic (exact) mass is 362 g/mol. The molecule has 0 radical (unpaired) electrons. The molecule has 3 rings (SSSR count). The summed E-state index contributed by atoms with van der Waals surface area (Å²) in [4.78, 5) is 17.0. The lowest BCUT2D eigenvalue weighted by Gasteiger charge is -2.08. The second-order valence-corrected chi connectivity index (χ2v) is 6.41. The molecule has 3 aromatic rings. The fourth-order valence-electron chi connectivity index (χ4n) is 2.29. The summed E-state index contributed by atoms with van der Waals surface area (Å²) in [7, 11) is 0. The summed E-state index contributed by atoms with van der Waals surface area (Å²) in [5, 5.41) is 3.17. The van der Waals surface area contributed by atoms with Gasteiger partial charge in [-0.3, -0.25) is 4.79 Å². The molecule has 0 bridgehead atoms. The van der Waals surface area contributed by atoms with E-state index >= 15 is 0 Å². The van der Waals surface area contributed by atoms with E-state index in [0.29, 0.717) is 15.6 Å². The molecule has 0 fully saturated rings. The number of nitrogens with one attached hydrogen (secondary N) is 1. The third-order valence-electron chi connectivity index (χ3n) is 3.56. The summed E-state index contributed by atoms with van der Waals surface area (Å²) in [6.45, 7) is 1.84. The predicted molar refractivity (Wildman–Crippen MR) is 91.5 cm³/mol. The minimum atomic E-state index is -4.41. The third kappa shape index (κ3) is 3.88. The molecule has 1 heterocycles. The van der Waals surface area contributed by atoms with Crippen LogP contribution in [0, 0.1) is 6.92 Å². The van der Waals surface area contributed by atoms with Crippen molar-refractivity contribution in [3.8, 4) is 0 Å². The first-order valence-electron chi connectivity index (χ1n) is 7.35. The Balaban J connectivity index is 1.81. The van der Waals surface area contributed by atoms with Crippen molar-refractivity contribution in [2.45, 2.75) is 13.1 Å². The Kier molecular flexibility index (Phi) is 4.59. The van der Waals surface area contributed by atoms with Crippen molar-refractivity contribution < 1.29 is 18.0 Å². The normalized spacial score (nSPS) is 11.4. The van der Waals surface area contributed by atoms with E-state index in [4.69, 9.17) is 0 Å². The van der Waals surface area contributed by atoms with E-state index in [-0.39, 0.29) is 11.5 Å². The van der Waals surface area contributed by atoms with Crippen LogP contribution in [-0.2, 0) is 6.18 Å². The molecule has 128 valence electrons. The number of thiazole rings is 1. The quantitative estimate of drug-likeness (QED) is 0.628. The molecule has 0 saturated carbocycles. The summed E-state index contributed by atoms with van der Waals surface area (Å²) in [6.07, 6.45) is -2.98. The van der Waals surface area contributed by atoms with Gasteiger partial charge in [-0.05, 0) is 30.7 Å². The third-order valence-corrected chi connectivity index (χ3v) is 4.47. The number of hydrogen-bond donors (Lipinski definition) is 1. The Morgan fingerprint density at radius 1 is 1.12 bits per heavy atom. The molecule has 25 heavy (non-hydrogen) atoms. The molecular formula is C18H13F3N2OS. The van der Waals surface area contributed by atoms with E-state index in [1.54, 1.807) is 12.1 Å². The summed E-state index contributed by atoms with van der Waals surface area (Å²) >= 11 is 1.10.